The fourth-order valence-electron chi connectivity index (χ4n) is 2.12. The molecule has 0 aromatic heterocycles. The van der Waals surface area contributed by atoms with Crippen LogP contribution in [0.25, 0.3) is 6.08 Å². The molecule has 116 valence electrons. The molecule has 0 aliphatic rings. The van der Waals surface area contributed by atoms with Crippen molar-refractivity contribution < 1.29 is 14.6 Å². The molecule has 0 aliphatic heterocycles. The Kier molecular flexibility index (Phi) is 5.20. The van der Waals surface area contributed by atoms with Crippen LogP contribution in [-0.4, -0.2) is 18.0 Å². The van der Waals surface area contributed by atoms with Gasteiger partial charge in [-0.05, 0) is 52.2 Å². The van der Waals surface area contributed by atoms with E-state index >= 15 is 0 Å². The van der Waals surface area contributed by atoms with E-state index in [-0.39, 0.29) is 22.9 Å². The average Bonchev–Trinajstić information content (AvgIpc) is 2.55. The van der Waals surface area contributed by atoms with Crippen molar-refractivity contribution in [2.24, 2.45) is 0 Å². The Hall–Kier alpha value is -2.58. The number of nitriles is 1. The van der Waals surface area contributed by atoms with Crippen molar-refractivity contribution in [2.75, 3.05) is 7.11 Å². The van der Waals surface area contributed by atoms with Crippen molar-refractivity contribution in [1.29, 1.82) is 5.26 Å². The highest BCUT2D eigenvalue weighted by atomic mass is 79.9. The lowest BCUT2D eigenvalue weighted by molar-refractivity contribution is 0.103. The van der Waals surface area contributed by atoms with Crippen LogP contribution in [0.4, 0.5) is 0 Å². The Balaban J connectivity index is 2.48. The standard InChI is InChI=1S/C18H14BrNO3/c1-11-5-3-4-6-14(11)17(21)13(10-20)7-12-8-15(19)18(22)16(9-12)23-2/h3-9,22H,1-2H3/b13-7+. The molecule has 0 saturated heterocycles. The van der Waals surface area contributed by atoms with Crippen LogP contribution in [0.3, 0.4) is 0 Å². The summed E-state index contributed by atoms with van der Waals surface area (Å²) in [6, 6.07) is 12.2. The van der Waals surface area contributed by atoms with Crippen molar-refractivity contribution in [3.63, 3.8) is 0 Å². The molecular weight excluding hydrogens is 358 g/mol. The van der Waals surface area contributed by atoms with Crippen molar-refractivity contribution in [3.8, 4) is 17.6 Å². The smallest absolute Gasteiger partial charge is 0.203 e. The number of carbonyl (C=O) groups is 1. The number of ketones is 1. The van der Waals surface area contributed by atoms with Crippen molar-refractivity contribution in [3.05, 3.63) is 63.1 Å². The highest BCUT2D eigenvalue weighted by Crippen LogP contribution is 2.35. The van der Waals surface area contributed by atoms with Gasteiger partial charge >= 0.3 is 0 Å². The molecule has 5 heteroatoms. The second-order valence-electron chi connectivity index (χ2n) is 4.87. The van der Waals surface area contributed by atoms with Gasteiger partial charge in [-0.1, -0.05) is 24.3 Å². The lowest BCUT2D eigenvalue weighted by Crippen LogP contribution is -2.04. The van der Waals surface area contributed by atoms with E-state index in [9.17, 15) is 15.2 Å². The number of rotatable bonds is 4. The molecule has 2 rings (SSSR count). The van der Waals surface area contributed by atoms with Gasteiger partial charge in [0.25, 0.3) is 0 Å². The summed E-state index contributed by atoms with van der Waals surface area (Å²) in [5.74, 6) is -0.117. The number of phenols is 1. The van der Waals surface area contributed by atoms with Crippen LogP contribution in [0.1, 0.15) is 21.5 Å². The number of hydrogen-bond acceptors (Lipinski definition) is 4. The minimum atomic E-state index is -0.339. The second-order valence-corrected chi connectivity index (χ2v) is 5.72. The van der Waals surface area contributed by atoms with Crippen LogP contribution in [0, 0.1) is 18.3 Å². The Morgan fingerprint density at radius 3 is 2.65 bits per heavy atom. The van der Waals surface area contributed by atoms with Gasteiger partial charge in [0.15, 0.2) is 11.5 Å². The van der Waals surface area contributed by atoms with Crippen molar-refractivity contribution in [1.82, 2.24) is 0 Å². The quantitative estimate of drug-likeness (QED) is 0.495. The summed E-state index contributed by atoms with van der Waals surface area (Å²) in [6.07, 6.45) is 1.47. The first-order chi connectivity index (χ1) is 11.0. The molecule has 0 unspecified atom stereocenters. The number of nitrogens with zero attached hydrogens (tertiary/aromatic N) is 1. The Morgan fingerprint density at radius 2 is 2.04 bits per heavy atom. The van der Waals surface area contributed by atoms with E-state index in [1.54, 1.807) is 24.3 Å². The van der Waals surface area contributed by atoms with Gasteiger partial charge in [-0.15, -0.1) is 0 Å². The summed E-state index contributed by atoms with van der Waals surface area (Å²) >= 11 is 3.22. The van der Waals surface area contributed by atoms with Crippen LogP contribution in [0.5, 0.6) is 11.5 Å². The lowest BCUT2D eigenvalue weighted by atomic mass is 9.98. The van der Waals surface area contributed by atoms with Gasteiger partial charge in [0.1, 0.15) is 11.6 Å². The van der Waals surface area contributed by atoms with Gasteiger partial charge in [-0.25, -0.2) is 0 Å². The third-order valence-corrected chi connectivity index (χ3v) is 3.94. The highest BCUT2D eigenvalue weighted by Gasteiger charge is 2.15. The number of methoxy groups -OCH3 is 1. The predicted molar refractivity (Wildman–Crippen MR) is 91.5 cm³/mol. The van der Waals surface area contributed by atoms with Gasteiger partial charge < -0.3 is 9.84 Å². The van der Waals surface area contributed by atoms with E-state index in [0.717, 1.165) is 5.56 Å². The first-order valence-electron chi connectivity index (χ1n) is 6.76. The number of aromatic hydroxyl groups is 1. The molecule has 23 heavy (non-hydrogen) atoms. The van der Waals surface area contributed by atoms with E-state index in [2.05, 4.69) is 15.9 Å². The Morgan fingerprint density at radius 1 is 1.35 bits per heavy atom. The topological polar surface area (TPSA) is 70.3 Å². The molecule has 0 radical (unpaired) electrons. The zero-order valence-corrected chi connectivity index (χ0v) is 14.2. The zero-order valence-electron chi connectivity index (χ0n) is 12.6. The van der Waals surface area contributed by atoms with E-state index in [4.69, 9.17) is 4.74 Å². The molecular formula is C18H14BrNO3. The number of carbonyl (C=O) groups excluding carboxylic acids is 1. The number of allylic oxidation sites excluding steroid dienone is 1. The SMILES string of the molecule is COc1cc(/C=C(\C#N)C(=O)c2ccccc2C)cc(Br)c1O. The molecule has 1 N–H and O–H groups in total. The molecule has 2 aromatic rings. The summed E-state index contributed by atoms with van der Waals surface area (Å²) < 4.78 is 5.49. The summed E-state index contributed by atoms with van der Waals surface area (Å²) in [4.78, 5) is 12.5. The first kappa shape index (κ1) is 16.8. The van der Waals surface area contributed by atoms with E-state index in [1.807, 2.05) is 25.1 Å². The maximum atomic E-state index is 12.5. The number of hydrogen-bond donors (Lipinski definition) is 1. The van der Waals surface area contributed by atoms with Gasteiger partial charge in [0, 0.05) is 5.56 Å². The highest BCUT2D eigenvalue weighted by molar-refractivity contribution is 9.10. The molecule has 0 amide bonds. The zero-order chi connectivity index (χ0) is 17.0. The molecule has 0 fully saturated rings. The number of halogens is 1. The lowest BCUT2D eigenvalue weighted by Gasteiger charge is -2.07. The fraction of sp³-hybridized carbons (Fsp3) is 0.111. The van der Waals surface area contributed by atoms with Crippen LogP contribution in [0.2, 0.25) is 0 Å². The monoisotopic (exact) mass is 371 g/mol. The summed E-state index contributed by atoms with van der Waals surface area (Å²) in [5.41, 5.74) is 1.89. The molecule has 4 nitrogen and oxygen atoms in total. The fourth-order valence-corrected chi connectivity index (χ4v) is 2.58. The maximum Gasteiger partial charge on any atom is 0.203 e. The molecule has 0 spiro atoms. The second kappa shape index (κ2) is 7.12. The van der Waals surface area contributed by atoms with Crippen LogP contribution in [-0.2, 0) is 0 Å². The molecule has 0 heterocycles. The van der Waals surface area contributed by atoms with Crippen LogP contribution < -0.4 is 4.74 Å². The van der Waals surface area contributed by atoms with Gasteiger partial charge in [0.2, 0.25) is 5.78 Å². The van der Waals surface area contributed by atoms with Gasteiger partial charge in [0.05, 0.1) is 11.6 Å². The summed E-state index contributed by atoms with van der Waals surface area (Å²) in [6.45, 7) is 1.82. The molecule has 0 bridgehead atoms. The molecule has 0 saturated carbocycles. The average molecular weight is 372 g/mol. The van der Waals surface area contributed by atoms with E-state index in [0.29, 0.717) is 15.6 Å². The van der Waals surface area contributed by atoms with Crippen LogP contribution >= 0.6 is 15.9 Å². The summed E-state index contributed by atoms with van der Waals surface area (Å²) in [5, 5.41) is 19.1. The third-order valence-electron chi connectivity index (χ3n) is 3.34. The predicted octanol–water partition coefficient (Wildman–Crippen LogP) is 4.26. The Bertz CT molecular complexity index is 835. The molecule has 0 aliphatic carbocycles. The van der Waals surface area contributed by atoms with Gasteiger partial charge in [-0.3, -0.25) is 4.79 Å². The molecule has 2 aromatic carbocycles. The largest absolute Gasteiger partial charge is 0.503 e. The molecule has 0 atom stereocenters. The normalized spacial score (nSPS) is 11.0. The number of phenolic OH excluding ortho intramolecular Hbond substituents is 1. The summed E-state index contributed by atoms with van der Waals surface area (Å²) in [7, 11) is 1.43. The minimum Gasteiger partial charge on any atom is -0.503 e. The first-order valence-corrected chi connectivity index (χ1v) is 7.56. The Labute approximate surface area is 142 Å². The van der Waals surface area contributed by atoms with Gasteiger partial charge in [-0.2, -0.15) is 5.26 Å². The third kappa shape index (κ3) is 3.61. The number of aryl methyl sites for hydroxylation is 1. The van der Waals surface area contributed by atoms with Crippen molar-refractivity contribution >= 4 is 27.8 Å². The maximum absolute atomic E-state index is 12.5. The number of Topliss-reactive ketones (excluding diaryl/α,β-unsaturated/α-hetero) is 1. The minimum absolute atomic E-state index is 0.0129. The van der Waals surface area contributed by atoms with E-state index < -0.39 is 0 Å². The number of ether oxygens (including phenoxy) is 1. The van der Waals surface area contributed by atoms with Crippen LogP contribution in [0.15, 0.2) is 46.4 Å². The number of benzene rings is 2. The van der Waals surface area contributed by atoms with Crippen molar-refractivity contribution in [2.45, 2.75) is 6.92 Å². The van der Waals surface area contributed by atoms with E-state index in [1.165, 1.54) is 13.2 Å².